The third-order valence-corrected chi connectivity index (χ3v) is 4.06. The molecule has 1 heterocycles. The summed E-state index contributed by atoms with van der Waals surface area (Å²) in [5, 5.41) is 7.66. The van der Waals surface area contributed by atoms with Gasteiger partial charge in [0.25, 0.3) is 0 Å². The van der Waals surface area contributed by atoms with Gasteiger partial charge in [-0.2, -0.15) is 0 Å². The van der Waals surface area contributed by atoms with Gasteiger partial charge in [0, 0.05) is 24.2 Å². The Morgan fingerprint density at radius 3 is 2.48 bits per heavy atom. The van der Waals surface area contributed by atoms with Crippen LogP contribution in [-0.2, 0) is 11.2 Å². The van der Waals surface area contributed by atoms with Crippen molar-refractivity contribution in [3.05, 3.63) is 41.4 Å². The number of rotatable bonds is 6. The molecular formula is C16H20N4O2S. The van der Waals surface area contributed by atoms with Crippen molar-refractivity contribution in [3.63, 3.8) is 0 Å². The lowest BCUT2D eigenvalue weighted by molar-refractivity contribution is -0.130. The molecule has 0 saturated heterocycles. The van der Waals surface area contributed by atoms with Crippen LogP contribution in [0.3, 0.4) is 0 Å². The summed E-state index contributed by atoms with van der Waals surface area (Å²) in [5.74, 6) is 0.0422. The fourth-order valence-corrected chi connectivity index (χ4v) is 2.77. The molecule has 6 nitrogen and oxygen atoms in total. The first-order valence-electron chi connectivity index (χ1n) is 7.47. The zero-order chi connectivity index (χ0) is 16.7. The van der Waals surface area contributed by atoms with Crippen LogP contribution in [0, 0.1) is 0 Å². The van der Waals surface area contributed by atoms with Gasteiger partial charge >= 0.3 is 6.03 Å². The minimum atomic E-state index is -0.354. The van der Waals surface area contributed by atoms with Crippen LogP contribution >= 0.6 is 11.3 Å². The van der Waals surface area contributed by atoms with Gasteiger partial charge in [-0.1, -0.05) is 18.2 Å². The normalized spacial score (nSPS) is 10.2. The maximum Gasteiger partial charge on any atom is 0.325 e. The highest BCUT2D eigenvalue weighted by Crippen LogP contribution is 2.17. The quantitative estimate of drug-likeness (QED) is 0.853. The molecule has 0 bridgehead atoms. The molecule has 0 unspecified atom stereocenters. The molecule has 3 amide bonds. The molecule has 122 valence electrons. The molecule has 0 fully saturated rings. The van der Waals surface area contributed by atoms with E-state index in [1.54, 1.807) is 22.4 Å². The Morgan fingerprint density at radius 2 is 1.83 bits per heavy atom. The maximum absolute atomic E-state index is 12.0. The van der Waals surface area contributed by atoms with Crippen LogP contribution in [0.25, 0.3) is 0 Å². The number of nitrogens with zero attached hydrogens (tertiary/aromatic N) is 2. The van der Waals surface area contributed by atoms with Crippen molar-refractivity contribution in [2.45, 2.75) is 20.3 Å². The molecule has 0 saturated carbocycles. The Hall–Kier alpha value is -2.41. The van der Waals surface area contributed by atoms with Crippen LogP contribution < -0.4 is 10.6 Å². The van der Waals surface area contributed by atoms with Crippen molar-refractivity contribution >= 4 is 34.1 Å². The molecule has 0 radical (unpaired) electrons. The summed E-state index contributed by atoms with van der Waals surface area (Å²) < 4.78 is 0. The summed E-state index contributed by atoms with van der Waals surface area (Å²) in [6.45, 7) is 5.26. The van der Waals surface area contributed by atoms with E-state index in [4.69, 9.17) is 0 Å². The Kier molecular flexibility index (Phi) is 6.10. The lowest BCUT2D eigenvalue weighted by atomic mass is 10.3. The number of likely N-dealkylation sites (N-methyl/N-ethyl adjacent to an activating group) is 1. The third kappa shape index (κ3) is 5.07. The van der Waals surface area contributed by atoms with Gasteiger partial charge in [-0.15, -0.1) is 11.3 Å². The highest BCUT2D eigenvalue weighted by Gasteiger charge is 2.13. The second-order valence-corrected chi connectivity index (χ2v) is 5.69. The summed E-state index contributed by atoms with van der Waals surface area (Å²) in [4.78, 5) is 30.0. The lowest BCUT2D eigenvalue weighted by Gasteiger charge is -2.17. The number of para-hydroxylation sites is 1. The minimum Gasteiger partial charge on any atom is -0.343 e. The zero-order valence-corrected chi connectivity index (χ0v) is 14.0. The number of hydrogen-bond acceptors (Lipinski definition) is 4. The molecule has 1 aromatic carbocycles. The van der Waals surface area contributed by atoms with E-state index in [0.717, 1.165) is 0 Å². The topological polar surface area (TPSA) is 74.3 Å². The predicted octanol–water partition coefficient (Wildman–Crippen LogP) is 3.20. The maximum atomic E-state index is 12.0. The number of thiazole rings is 1. The largest absolute Gasteiger partial charge is 0.343 e. The minimum absolute atomic E-state index is 0.0422. The molecule has 0 aliphatic heterocycles. The van der Waals surface area contributed by atoms with Gasteiger partial charge in [0.15, 0.2) is 5.13 Å². The molecule has 7 heteroatoms. The van der Waals surface area contributed by atoms with E-state index < -0.39 is 0 Å². The molecular weight excluding hydrogens is 312 g/mol. The number of hydrogen-bond donors (Lipinski definition) is 2. The van der Waals surface area contributed by atoms with Gasteiger partial charge in [-0.3, -0.25) is 10.1 Å². The van der Waals surface area contributed by atoms with Gasteiger partial charge in [0.1, 0.15) is 0 Å². The SMILES string of the molecule is CCN(CC)C(=O)Cc1csc(NC(=O)Nc2ccccc2)n1. The van der Waals surface area contributed by atoms with Crippen molar-refractivity contribution in [2.75, 3.05) is 23.7 Å². The smallest absolute Gasteiger partial charge is 0.325 e. The van der Waals surface area contributed by atoms with E-state index >= 15 is 0 Å². The molecule has 23 heavy (non-hydrogen) atoms. The highest BCUT2D eigenvalue weighted by molar-refractivity contribution is 7.13. The first kappa shape index (κ1) is 17.0. The second-order valence-electron chi connectivity index (χ2n) is 4.83. The standard InChI is InChI=1S/C16H20N4O2S/c1-3-20(4-2)14(21)10-13-11-23-16(18-13)19-15(22)17-12-8-6-5-7-9-12/h5-9,11H,3-4,10H2,1-2H3,(H2,17,18,19,22). The van der Waals surface area contributed by atoms with Gasteiger partial charge in [-0.25, -0.2) is 9.78 Å². The molecule has 0 spiro atoms. The molecule has 0 atom stereocenters. The second kappa shape index (κ2) is 8.28. The van der Waals surface area contributed by atoms with Crippen molar-refractivity contribution < 1.29 is 9.59 Å². The highest BCUT2D eigenvalue weighted by atomic mass is 32.1. The van der Waals surface area contributed by atoms with E-state index in [2.05, 4.69) is 15.6 Å². The molecule has 0 aliphatic rings. The average molecular weight is 332 g/mol. The van der Waals surface area contributed by atoms with E-state index in [-0.39, 0.29) is 18.4 Å². The number of carbonyl (C=O) groups excluding carboxylic acids is 2. The monoisotopic (exact) mass is 332 g/mol. The van der Waals surface area contributed by atoms with Crippen LogP contribution in [0.1, 0.15) is 19.5 Å². The Morgan fingerprint density at radius 1 is 1.13 bits per heavy atom. The van der Waals surface area contributed by atoms with Crippen LogP contribution in [0.5, 0.6) is 0 Å². The number of benzene rings is 1. The van der Waals surface area contributed by atoms with Crippen LogP contribution in [0.2, 0.25) is 0 Å². The zero-order valence-electron chi connectivity index (χ0n) is 13.2. The molecule has 2 N–H and O–H groups in total. The van der Waals surface area contributed by atoms with E-state index in [1.807, 2.05) is 32.0 Å². The number of carbonyl (C=O) groups is 2. The number of aromatic nitrogens is 1. The van der Waals surface area contributed by atoms with Crippen LogP contribution in [-0.4, -0.2) is 34.9 Å². The molecule has 1 aromatic heterocycles. The van der Waals surface area contributed by atoms with Gasteiger partial charge in [-0.05, 0) is 26.0 Å². The first-order chi connectivity index (χ1) is 11.1. The summed E-state index contributed by atoms with van der Waals surface area (Å²) in [6.07, 6.45) is 0.250. The van der Waals surface area contributed by atoms with Crippen LogP contribution in [0.15, 0.2) is 35.7 Å². The van der Waals surface area contributed by atoms with Gasteiger partial charge < -0.3 is 10.2 Å². The van der Waals surface area contributed by atoms with E-state index in [9.17, 15) is 9.59 Å². The van der Waals surface area contributed by atoms with Crippen molar-refractivity contribution in [2.24, 2.45) is 0 Å². The number of amides is 3. The van der Waals surface area contributed by atoms with Crippen molar-refractivity contribution in [1.82, 2.24) is 9.88 Å². The Bertz CT molecular complexity index is 653. The summed E-state index contributed by atoms with van der Waals surface area (Å²) >= 11 is 1.30. The summed E-state index contributed by atoms with van der Waals surface area (Å²) in [5.41, 5.74) is 1.38. The van der Waals surface area contributed by atoms with Gasteiger partial charge in [0.2, 0.25) is 5.91 Å². The Labute approximate surface area is 139 Å². The predicted molar refractivity (Wildman–Crippen MR) is 92.8 cm³/mol. The van der Waals surface area contributed by atoms with Gasteiger partial charge in [0.05, 0.1) is 12.1 Å². The van der Waals surface area contributed by atoms with Crippen molar-refractivity contribution in [1.29, 1.82) is 0 Å². The molecule has 2 aromatic rings. The molecule has 2 rings (SSSR count). The summed E-state index contributed by atoms with van der Waals surface area (Å²) in [6, 6.07) is 8.81. The number of nitrogens with one attached hydrogen (secondary N) is 2. The number of urea groups is 1. The van der Waals surface area contributed by atoms with E-state index in [0.29, 0.717) is 29.6 Å². The number of anilines is 2. The summed E-state index contributed by atoms with van der Waals surface area (Å²) in [7, 11) is 0. The Balaban J connectivity index is 1.89. The lowest BCUT2D eigenvalue weighted by Crippen LogP contribution is -2.31. The average Bonchev–Trinajstić information content (AvgIpc) is 2.96. The van der Waals surface area contributed by atoms with E-state index in [1.165, 1.54) is 11.3 Å². The van der Waals surface area contributed by atoms with Crippen LogP contribution in [0.4, 0.5) is 15.6 Å². The third-order valence-electron chi connectivity index (χ3n) is 3.25. The van der Waals surface area contributed by atoms with Crippen molar-refractivity contribution in [3.8, 4) is 0 Å². The first-order valence-corrected chi connectivity index (χ1v) is 8.35. The molecule has 0 aliphatic carbocycles. The fourth-order valence-electron chi connectivity index (χ4n) is 2.07. The fraction of sp³-hybridized carbons (Fsp3) is 0.312.